The number of unbranched alkanes of at least 4 members (excludes halogenated alkanes) is 1. The van der Waals surface area contributed by atoms with Gasteiger partial charge in [-0.1, -0.05) is 30.3 Å². The van der Waals surface area contributed by atoms with Crippen LogP contribution >= 0.6 is 0 Å². The molecule has 0 radical (unpaired) electrons. The zero-order valence-corrected chi connectivity index (χ0v) is 19.0. The minimum absolute atomic E-state index is 0.0738. The van der Waals surface area contributed by atoms with Crippen molar-refractivity contribution in [3.63, 3.8) is 0 Å². The van der Waals surface area contributed by atoms with Gasteiger partial charge in [0.05, 0.1) is 13.5 Å². The maximum absolute atomic E-state index is 12.2. The molecule has 1 fully saturated rings. The smallest absolute Gasteiger partial charge is 0.306 e. The molecule has 2 aromatic carbocycles. The number of nitrogens with one attached hydrogen (secondary N) is 2. The van der Waals surface area contributed by atoms with Crippen molar-refractivity contribution < 1.29 is 14.3 Å². The highest BCUT2D eigenvalue weighted by Gasteiger charge is 2.19. The van der Waals surface area contributed by atoms with Crippen LogP contribution < -0.4 is 15.5 Å². The largest absolute Gasteiger partial charge is 0.469 e. The number of carbonyl (C=O) groups excluding carboxylic acids is 2. The molecule has 0 aliphatic carbocycles. The van der Waals surface area contributed by atoms with Gasteiger partial charge in [-0.05, 0) is 61.9 Å². The third-order valence-electron chi connectivity index (χ3n) is 5.96. The molecule has 1 aliphatic heterocycles. The monoisotopic (exact) mass is 437 g/mol. The van der Waals surface area contributed by atoms with Crippen LogP contribution in [0.15, 0.2) is 54.6 Å². The van der Waals surface area contributed by atoms with E-state index < -0.39 is 0 Å². The van der Waals surface area contributed by atoms with Gasteiger partial charge in [-0.3, -0.25) is 9.59 Å². The number of hydrogen-bond donors (Lipinski definition) is 2. The molecular formula is C26H35N3O3. The standard InChI is InChI=1S/C26H35N3O3/c1-32-26(31)15-18-27-22-16-19-29(20-17-22)24-13-11-23(12-14-24)28-25(30)10-6-5-9-21-7-3-2-4-8-21/h2-4,7-8,11-14,22,27H,5-6,9-10,15-20H2,1H3,(H,28,30). The molecule has 2 aromatic rings. The average Bonchev–Trinajstić information content (AvgIpc) is 2.83. The van der Waals surface area contributed by atoms with Gasteiger partial charge >= 0.3 is 5.97 Å². The predicted molar refractivity (Wildman–Crippen MR) is 129 cm³/mol. The molecule has 0 bridgehead atoms. The number of methoxy groups -OCH3 is 1. The molecule has 0 unspecified atom stereocenters. The quantitative estimate of drug-likeness (QED) is 0.408. The van der Waals surface area contributed by atoms with Crippen molar-refractivity contribution in [2.75, 3.05) is 37.0 Å². The van der Waals surface area contributed by atoms with Crippen LogP contribution in [0.4, 0.5) is 11.4 Å². The van der Waals surface area contributed by atoms with E-state index in [-0.39, 0.29) is 11.9 Å². The van der Waals surface area contributed by atoms with Gasteiger partial charge in [-0.15, -0.1) is 0 Å². The summed E-state index contributed by atoms with van der Waals surface area (Å²) in [5, 5.41) is 6.45. The van der Waals surface area contributed by atoms with Crippen molar-refractivity contribution in [3.8, 4) is 0 Å². The van der Waals surface area contributed by atoms with Crippen LogP contribution in [0.3, 0.4) is 0 Å². The summed E-state index contributed by atoms with van der Waals surface area (Å²) in [5.41, 5.74) is 3.35. The number of hydrogen-bond acceptors (Lipinski definition) is 5. The van der Waals surface area contributed by atoms with Crippen molar-refractivity contribution in [2.45, 2.75) is 51.0 Å². The number of nitrogens with zero attached hydrogens (tertiary/aromatic N) is 1. The van der Waals surface area contributed by atoms with Gasteiger partial charge in [0.25, 0.3) is 0 Å². The highest BCUT2D eigenvalue weighted by atomic mass is 16.5. The fourth-order valence-corrected chi connectivity index (χ4v) is 4.06. The Morgan fingerprint density at radius 2 is 1.69 bits per heavy atom. The second-order valence-corrected chi connectivity index (χ2v) is 8.33. The van der Waals surface area contributed by atoms with Crippen LogP contribution in [0.5, 0.6) is 0 Å². The fraction of sp³-hybridized carbons (Fsp3) is 0.462. The Labute approximate surface area is 191 Å². The molecule has 0 saturated carbocycles. The van der Waals surface area contributed by atoms with Crippen LogP contribution in [0, 0.1) is 0 Å². The third-order valence-corrected chi connectivity index (χ3v) is 5.96. The topological polar surface area (TPSA) is 70.7 Å². The Kier molecular flexibility index (Phi) is 9.57. The zero-order valence-electron chi connectivity index (χ0n) is 19.0. The van der Waals surface area contributed by atoms with E-state index in [2.05, 4.69) is 56.7 Å². The van der Waals surface area contributed by atoms with Gasteiger partial charge in [0, 0.05) is 43.5 Å². The van der Waals surface area contributed by atoms with Crippen molar-refractivity contribution >= 4 is 23.3 Å². The number of ether oxygens (including phenoxy) is 1. The number of esters is 1. The van der Waals surface area contributed by atoms with E-state index in [1.165, 1.54) is 18.4 Å². The summed E-state index contributed by atoms with van der Waals surface area (Å²) in [4.78, 5) is 25.8. The molecule has 3 rings (SSSR count). The number of carbonyl (C=O) groups is 2. The Balaban J connectivity index is 1.33. The number of benzene rings is 2. The van der Waals surface area contributed by atoms with E-state index in [4.69, 9.17) is 0 Å². The summed E-state index contributed by atoms with van der Waals surface area (Å²) in [6.45, 7) is 2.62. The number of aryl methyl sites for hydroxylation is 1. The van der Waals surface area contributed by atoms with Gasteiger partial charge in [-0.25, -0.2) is 0 Å². The van der Waals surface area contributed by atoms with E-state index in [9.17, 15) is 9.59 Å². The summed E-state index contributed by atoms with van der Waals surface area (Å²) in [6.07, 6.45) is 5.97. The molecule has 1 amide bonds. The molecule has 0 spiro atoms. The summed E-state index contributed by atoms with van der Waals surface area (Å²) in [6, 6.07) is 19.0. The van der Waals surface area contributed by atoms with E-state index in [0.29, 0.717) is 25.4 Å². The molecule has 172 valence electrons. The van der Waals surface area contributed by atoms with Gasteiger partial charge in [-0.2, -0.15) is 0 Å². The number of rotatable bonds is 11. The van der Waals surface area contributed by atoms with E-state index in [1.807, 2.05) is 18.2 Å². The lowest BCUT2D eigenvalue weighted by Gasteiger charge is -2.34. The second kappa shape index (κ2) is 12.9. The maximum Gasteiger partial charge on any atom is 0.306 e. The maximum atomic E-state index is 12.2. The Morgan fingerprint density at radius 1 is 0.969 bits per heavy atom. The fourth-order valence-electron chi connectivity index (χ4n) is 4.06. The van der Waals surface area contributed by atoms with E-state index >= 15 is 0 Å². The minimum atomic E-state index is -0.172. The molecular weight excluding hydrogens is 402 g/mol. The van der Waals surface area contributed by atoms with E-state index in [0.717, 1.165) is 50.9 Å². The third kappa shape index (κ3) is 8.00. The first kappa shape index (κ1) is 23.8. The number of anilines is 2. The van der Waals surface area contributed by atoms with Gasteiger partial charge < -0.3 is 20.3 Å². The molecule has 0 aromatic heterocycles. The van der Waals surface area contributed by atoms with Crippen LogP contribution in [0.2, 0.25) is 0 Å². The van der Waals surface area contributed by atoms with Crippen molar-refractivity contribution in [1.82, 2.24) is 5.32 Å². The molecule has 2 N–H and O–H groups in total. The number of amides is 1. The first-order valence-electron chi connectivity index (χ1n) is 11.6. The van der Waals surface area contributed by atoms with Gasteiger partial charge in [0.2, 0.25) is 5.91 Å². The lowest BCUT2D eigenvalue weighted by Crippen LogP contribution is -2.43. The Morgan fingerprint density at radius 3 is 2.38 bits per heavy atom. The summed E-state index contributed by atoms with van der Waals surface area (Å²) < 4.78 is 4.68. The first-order chi connectivity index (χ1) is 15.6. The summed E-state index contributed by atoms with van der Waals surface area (Å²) >= 11 is 0. The zero-order chi connectivity index (χ0) is 22.6. The van der Waals surface area contributed by atoms with Crippen molar-refractivity contribution in [3.05, 3.63) is 60.2 Å². The lowest BCUT2D eigenvalue weighted by atomic mass is 10.0. The predicted octanol–water partition coefficient (Wildman–Crippen LogP) is 4.16. The molecule has 6 nitrogen and oxygen atoms in total. The molecule has 1 saturated heterocycles. The average molecular weight is 438 g/mol. The molecule has 1 heterocycles. The molecule has 6 heteroatoms. The molecule has 32 heavy (non-hydrogen) atoms. The van der Waals surface area contributed by atoms with Gasteiger partial charge in [0.1, 0.15) is 0 Å². The van der Waals surface area contributed by atoms with Crippen LogP contribution in [-0.2, 0) is 20.7 Å². The Hall–Kier alpha value is -2.86. The second-order valence-electron chi connectivity index (χ2n) is 8.33. The minimum Gasteiger partial charge on any atom is -0.469 e. The highest BCUT2D eigenvalue weighted by Crippen LogP contribution is 2.22. The summed E-state index contributed by atoms with van der Waals surface area (Å²) in [5.74, 6) is -0.0982. The van der Waals surface area contributed by atoms with Crippen molar-refractivity contribution in [1.29, 1.82) is 0 Å². The number of piperidine rings is 1. The lowest BCUT2D eigenvalue weighted by molar-refractivity contribution is -0.140. The normalized spacial score (nSPS) is 14.2. The van der Waals surface area contributed by atoms with Crippen LogP contribution in [0.1, 0.15) is 44.1 Å². The van der Waals surface area contributed by atoms with E-state index in [1.54, 1.807) is 0 Å². The van der Waals surface area contributed by atoms with Crippen LogP contribution in [0.25, 0.3) is 0 Å². The highest BCUT2D eigenvalue weighted by molar-refractivity contribution is 5.90. The SMILES string of the molecule is COC(=O)CCNC1CCN(c2ccc(NC(=O)CCCCc3ccccc3)cc2)CC1. The Bertz CT molecular complexity index is 831. The van der Waals surface area contributed by atoms with Gasteiger partial charge in [0.15, 0.2) is 0 Å². The van der Waals surface area contributed by atoms with Crippen molar-refractivity contribution in [2.24, 2.45) is 0 Å². The van der Waals surface area contributed by atoms with Crippen LogP contribution in [-0.4, -0.2) is 44.7 Å². The molecule has 0 atom stereocenters. The summed E-state index contributed by atoms with van der Waals surface area (Å²) in [7, 11) is 1.42. The molecule has 1 aliphatic rings. The first-order valence-corrected chi connectivity index (χ1v) is 11.6.